The quantitative estimate of drug-likeness (QED) is 0.481. The molecule has 2 fully saturated rings. The molecule has 2 saturated heterocycles. The largest absolute Gasteiger partial charge is 0.497 e. The second kappa shape index (κ2) is 11.3. The fourth-order valence-electron chi connectivity index (χ4n) is 5.63. The fraction of sp³-hybridized carbons (Fsp3) is 0.323. The van der Waals surface area contributed by atoms with Crippen LogP contribution in [0.4, 0.5) is 4.39 Å². The highest BCUT2D eigenvalue weighted by molar-refractivity contribution is 5.98. The predicted octanol–water partition coefficient (Wildman–Crippen LogP) is 3.35. The molecule has 6 rings (SSSR count). The standard InChI is InChI=1S/C31H30FN3O7/c1-39-24-9-5-21(6-10-24)29(37)34-14-12-31(13-15-34)35(30(38)22-3-7-23(32)8-4-22)25(18-42-31)28(36)33-17-20-2-11-26-27(16-20)41-19-40-26/h2-11,16,25H,12-15,17-19H2,1H3,(H,33,36)/t25-/m0/s1. The van der Waals surface area contributed by atoms with E-state index in [0.29, 0.717) is 48.7 Å². The van der Waals surface area contributed by atoms with Gasteiger partial charge in [0.2, 0.25) is 12.7 Å². The number of halogens is 1. The number of carbonyl (C=O) groups is 3. The van der Waals surface area contributed by atoms with E-state index in [9.17, 15) is 18.8 Å². The number of nitrogens with zero attached hydrogens (tertiary/aromatic N) is 2. The number of nitrogens with one attached hydrogen (secondary N) is 1. The number of ether oxygens (including phenoxy) is 4. The summed E-state index contributed by atoms with van der Waals surface area (Å²) in [6.45, 7) is 0.997. The predicted molar refractivity (Wildman–Crippen MR) is 148 cm³/mol. The molecule has 3 amide bonds. The van der Waals surface area contributed by atoms with Crippen molar-refractivity contribution >= 4 is 17.7 Å². The van der Waals surface area contributed by atoms with Crippen LogP contribution in [0.15, 0.2) is 66.7 Å². The van der Waals surface area contributed by atoms with Gasteiger partial charge >= 0.3 is 0 Å². The van der Waals surface area contributed by atoms with Crippen molar-refractivity contribution < 1.29 is 37.7 Å². The van der Waals surface area contributed by atoms with Gasteiger partial charge < -0.3 is 29.2 Å². The van der Waals surface area contributed by atoms with Gasteiger partial charge in [0.1, 0.15) is 23.3 Å². The minimum atomic E-state index is -1.09. The molecular weight excluding hydrogens is 545 g/mol. The van der Waals surface area contributed by atoms with Gasteiger partial charge in [-0.05, 0) is 66.2 Å². The van der Waals surface area contributed by atoms with E-state index in [-0.39, 0.29) is 37.3 Å². The zero-order valence-electron chi connectivity index (χ0n) is 23.0. The van der Waals surface area contributed by atoms with Crippen LogP contribution in [0.5, 0.6) is 17.2 Å². The van der Waals surface area contributed by atoms with Crippen LogP contribution in [0.2, 0.25) is 0 Å². The Kier molecular flexibility index (Phi) is 7.42. The van der Waals surface area contributed by atoms with Crippen molar-refractivity contribution in [1.82, 2.24) is 15.1 Å². The number of rotatable bonds is 6. The Hall–Kier alpha value is -4.64. The highest BCUT2D eigenvalue weighted by atomic mass is 19.1. The van der Waals surface area contributed by atoms with Gasteiger partial charge in [0.05, 0.1) is 13.7 Å². The number of methoxy groups -OCH3 is 1. The molecule has 218 valence electrons. The fourth-order valence-corrected chi connectivity index (χ4v) is 5.63. The lowest BCUT2D eigenvalue weighted by Crippen LogP contribution is -2.59. The van der Waals surface area contributed by atoms with Crippen molar-refractivity contribution in [3.8, 4) is 17.2 Å². The van der Waals surface area contributed by atoms with Gasteiger partial charge in [-0.1, -0.05) is 6.07 Å². The molecule has 0 saturated carbocycles. The van der Waals surface area contributed by atoms with E-state index in [1.807, 2.05) is 6.07 Å². The Morgan fingerprint density at radius 1 is 0.929 bits per heavy atom. The minimum absolute atomic E-state index is 0.00761. The molecule has 1 N–H and O–H groups in total. The number of piperidine rings is 1. The Morgan fingerprint density at radius 3 is 2.31 bits per heavy atom. The molecule has 0 bridgehead atoms. The summed E-state index contributed by atoms with van der Waals surface area (Å²) in [6, 6.07) is 16.6. The van der Waals surface area contributed by atoms with E-state index in [2.05, 4.69) is 5.32 Å². The maximum Gasteiger partial charge on any atom is 0.256 e. The molecular formula is C31H30FN3O7. The molecule has 3 heterocycles. The highest BCUT2D eigenvalue weighted by Crippen LogP contribution is 2.39. The van der Waals surface area contributed by atoms with Crippen LogP contribution in [0.1, 0.15) is 39.1 Å². The van der Waals surface area contributed by atoms with Crippen molar-refractivity contribution in [3.05, 3.63) is 89.2 Å². The maximum atomic E-state index is 13.9. The first-order chi connectivity index (χ1) is 20.4. The maximum absolute atomic E-state index is 13.9. The van der Waals surface area contributed by atoms with E-state index in [1.165, 1.54) is 29.2 Å². The van der Waals surface area contributed by atoms with Crippen molar-refractivity contribution in [2.75, 3.05) is 33.6 Å². The lowest BCUT2D eigenvalue weighted by Gasteiger charge is -2.44. The molecule has 11 heteroatoms. The van der Waals surface area contributed by atoms with Gasteiger partial charge in [0.25, 0.3) is 11.8 Å². The normalized spacial score (nSPS) is 18.7. The first-order valence-corrected chi connectivity index (χ1v) is 13.7. The number of fused-ring (bicyclic) bond motifs is 1. The van der Waals surface area contributed by atoms with E-state index < -0.39 is 23.5 Å². The van der Waals surface area contributed by atoms with Crippen molar-refractivity contribution in [2.45, 2.75) is 31.2 Å². The number of benzene rings is 3. The molecule has 10 nitrogen and oxygen atoms in total. The summed E-state index contributed by atoms with van der Waals surface area (Å²) in [6.07, 6.45) is 0.627. The number of likely N-dealkylation sites (tertiary alicyclic amines) is 1. The van der Waals surface area contributed by atoms with Crippen LogP contribution in [-0.2, 0) is 16.1 Å². The van der Waals surface area contributed by atoms with Crippen LogP contribution in [0.25, 0.3) is 0 Å². The number of amides is 3. The molecule has 0 unspecified atom stereocenters. The van der Waals surface area contributed by atoms with Gasteiger partial charge in [0.15, 0.2) is 11.5 Å². The molecule has 3 aromatic rings. The topological polar surface area (TPSA) is 107 Å². The van der Waals surface area contributed by atoms with Gasteiger partial charge in [-0.3, -0.25) is 19.3 Å². The van der Waals surface area contributed by atoms with Gasteiger partial charge in [-0.2, -0.15) is 0 Å². The summed E-state index contributed by atoms with van der Waals surface area (Å²) in [5.74, 6) is 0.476. The molecule has 1 spiro atoms. The van der Waals surface area contributed by atoms with Gasteiger partial charge in [-0.15, -0.1) is 0 Å². The second-order valence-corrected chi connectivity index (χ2v) is 10.4. The first kappa shape index (κ1) is 27.5. The number of hydrogen-bond donors (Lipinski definition) is 1. The first-order valence-electron chi connectivity index (χ1n) is 13.7. The Balaban J connectivity index is 1.19. The molecule has 3 aromatic carbocycles. The lowest BCUT2D eigenvalue weighted by atomic mass is 9.96. The summed E-state index contributed by atoms with van der Waals surface area (Å²) in [7, 11) is 1.56. The monoisotopic (exact) mass is 575 g/mol. The smallest absolute Gasteiger partial charge is 0.256 e. The zero-order chi connectivity index (χ0) is 29.3. The van der Waals surface area contributed by atoms with Crippen LogP contribution >= 0.6 is 0 Å². The Bertz CT molecular complexity index is 1490. The number of carbonyl (C=O) groups excluding carboxylic acids is 3. The third-order valence-corrected chi connectivity index (χ3v) is 7.95. The second-order valence-electron chi connectivity index (χ2n) is 10.4. The SMILES string of the molecule is COc1ccc(C(=O)N2CCC3(CC2)OC[C@@H](C(=O)NCc2ccc4c(c2)OCO4)N3C(=O)c2ccc(F)cc2)cc1. The average molecular weight is 576 g/mol. The summed E-state index contributed by atoms with van der Waals surface area (Å²) in [5, 5.41) is 2.91. The summed E-state index contributed by atoms with van der Waals surface area (Å²) in [4.78, 5) is 43.8. The van der Waals surface area contributed by atoms with E-state index in [0.717, 1.165) is 5.56 Å². The van der Waals surface area contributed by atoms with Crippen LogP contribution in [0.3, 0.4) is 0 Å². The van der Waals surface area contributed by atoms with Crippen molar-refractivity contribution in [3.63, 3.8) is 0 Å². The van der Waals surface area contributed by atoms with Crippen molar-refractivity contribution in [1.29, 1.82) is 0 Å². The Labute approximate surface area is 241 Å². The van der Waals surface area contributed by atoms with E-state index in [1.54, 1.807) is 48.4 Å². The van der Waals surface area contributed by atoms with Gasteiger partial charge in [-0.25, -0.2) is 4.39 Å². The number of hydrogen-bond acceptors (Lipinski definition) is 7. The lowest BCUT2D eigenvalue weighted by molar-refractivity contribution is -0.128. The molecule has 0 radical (unpaired) electrons. The molecule has 0 aromatic heterocycles. The molecule has 1 atom stereocenters. The molecule has 42 heavy (non-hydrogen) atoms. The summed E-state index contributed by atoms with van der Waals surface area (Å²) >= 11 is 0. The molecule has 3 aliphatic rings. The van der Waals surface area contributed by atoms with Crippen LogP contribution in [-0.4, -0.2) is 72.9 Å². The van der Waals surface area contributed by atoms with Crippen LogP contribution < -0.4 is 19.5 Å². The van der Waals surface area contributed by atoms with Crippen LogP contribution in [0, 0.1) is 5.82 Å². The third kappa shape index (κ3) is 5.23. The summed E-state index contributed by atoms with van der Waals surface area (Å²) < 4.78 is 35.9. The molecule has 0 aliphatic carbocycles. The van der Waals surface area contributed by atoms with E-state index in [4.69, 9.17) is 18.9 Å². The molecule has 3 aliphatic heterocycles. The minimum Gasteiger partial charge on any atom is -0.497 e. The summed E-state index contributed by atoms with van der Waals surface area (Å²) in [5.41, 5.74) is 0.483. The zero-order valence-corrected chi connectivity index (χ0v) is 23.0. The van der Waals surface area contributed by atoms with E-state index >= 15 is 0 Å². The highest BCUT2D eigenvalue weighted by Gasteiger charge is 2.54. The Morgan fingerprint density at radius 2 is 1.60 bits per heavy atom. The van der Waals surface area contributed by atoms with Gasteiger partial charge in [0, 0.05) is 43.6 Å². The average Bonchev–Trinajstić information content (AvgIpc) is 3.64. The van der Waals surface area contributed by atoms with Crippen molar-refractivity contribution in [2.24, 2.45) is 0 Å². The third-order valence-electron chi connectivity index (χ3n) is 7.95.